The first kappa shape index (κ1) is 17.8. The summed E-state index contributed by atoms with van der Waals surface area (Å²) in [5.41, 5.74) is 3.56. The van der Waals surface area contributed by atoms with Crippen molar-refractivity contribution in [3.05, 3.63) is 70.5 Å². The van der Waals surface area contributed by atoms with Gasteiger partial charge in [0.15, 0.2) is 0 Å². The van der Waals surface area contributed by atoms with Gasteiger partial charge in [-0.15, -0.1) is 11.3 Å². The molecule has 1 N–H and O–H groups in total. The highest BCUT2D eigenvalue weighted by atomic mass is 32.1. The van der Waals surface area contributed by atoms with E-state index in [0.717, 1.165) is 21.8 Å². The molecule has 0 atom stereocenters. The van der Waals surface area contributed by atoms with E-state index in [2.05, 4.69) is 10.3 Å². The number of carbonyl (C=O) groups is 2. The topological polar surface area (TPSA) is 59.1 Å². The first-order valence-corrected chi connectivity index (χ1v) is 9.17. The second kappa shape index (κ2) is 8.36. The summed E-state index contributed by atoms with van der Waals surface area (Å²) in [4.78, 5) is 27.7. The van der Waals surface area contributed by atoms with Crippen LogP contribution < -0.4 is 5.32 Å². The zero-order valence-corrected chi connectivity index (χ0v) is 15.1. The number of rotatable bonds is 6. The van der Waals surface area contributed by atoms with Gasteiger partial charge in [0.2, 0.25) is 5.78 Å². The molecule has 26 heavy (non-hydrogen) atoms. The highest BCUT2D eigenvalue weighted by Crippen LogP contribution is 2.23. The van der Waals surface area contributed by atoms with Crippen LogP contribution in [0, 0.1) is 0 Å². The van der Waals surface area contributed by atoms with Crippen molar-refractivity contribution in [3.63, 3.8) is 0 Å². The Labute approximate surface area is 156 Å². The molecule has 0 saturated heterocycles. The Morgan fingerprint density at radius 3 is 2.65 bits per heavy atom. The fourth-order valence-electron chi connectivity index (χ4n) is 2.35. The molecule has 0 radical (unpaired) electrons. The number of amides is 1. The van der Waals surface area contributed by atoms with Gasteiger partial charge < -0.3 is 5.32 Å². The molecule has 0 bridgehead atoms. The van der Waals surface area contributed by atoms with E-state index in [0.29, 0.717) is 5.69 Å². The molecule has 4 nitrogen and oxygen atoms in total. The van der Waals surface area contributed by atoms with Crippen LogP contribution in [0.3, 0.4) is 0 Å². The molecule has 5 heteroatoms. The maximum Gasteiger partial charge on any atom is 0.291 e. The molecule has 0 spiro atoms. The second-order valence-electron chi connectivity index (χ2n) is 5.63. The number of Topliss-reactive ketones (excluding diaryl/α,β-unsaturated/α-hetero) is 1. The molecule has 2 aromatic carbocycles. The Bertz CT molecular complexity index is 945. The Balaban J connectivity index is 1.71. The van der Waals surface area contributed by atoms with Gasteiger partial charge >= 0.3 is 0 Å². The zero-order valence-electron chi connectivity index (χ0n) is 14.3. The van der Waals surface area contributed by atoms with Crippen LogP contribution in [0.5, 0.6) is 0 Å². The van der Waals surface area contributed by atoms with Crippen LogP contribution in [0.2, 0.25) is 0 Å². The van der Waals surface area contributed by atoms with Crippen LogP contribution in [-0.2, 0) is 9.59 Å². The third kappa shape index (κ3) is 4.52. The van der Waals surface area contributed by atoms with Gasteiger partial charge in [-0.05, 0) is 23.8 Å². The van der Waals surface area contributed by atoms with Crippen molar-refractivity contribution in [2.75, 3.05) is 5.32 Å². The van der Waals surface area contributed by atoms with E-state index >= 15 is 0 Å². The van der Waals surface area contributed by atoms with Crippen molar-refractivity contribution in [3.8, 4) is 11.3 Å². The molecule has 3 rings (SSSR count). The van der Waals surface area contributed by atoms with Crippen LogP contribution >= 0.6 is 11.3 Å². The Kier molecular flexibility index (Phi) is 5.71. The first-order valence-electron chi connectivity index (χ1n) is 8.29. The van der Waals surface area contributed by atoms with Gasteiger partial charge in [0.25, 0.3) is 5.91 Å². The SMILES string of the molecule is CCC(=O)C(=O)Nc1cccc(C=Cc2nc(-c3ccccc3)cs2)c1. The molecule has 0 aliphatic carbocycles. The third-order valence-electron chi connectivity index (χ3n) is 3.73. The van der Waals surface area contributed by atoms with Crippen molar-refractivity contribution in [1.29, 1.82) is 0 Å². The predicted molar refractivity (Wildman–Crippen MR) is 107 cm³/mol. The van der Waals surface area contributed by atoms with E-state index in [1.165, 1.54) is 0 Å². The summed E-state index contributed by atoms with van der Waals surface area (Å²) in [6.45, 7) is 1.67. The number of aromatic nitrogens is 1. The normalized spacial score (nSPS) is 10.8. The molecular weight excluding hydrogens is 344 g/mol. The number of carbonyl (C=O) groups excluding carboxylic acids is 2. The van der Waals surface area contributed by atoms with Crippen molar-refractivity contribution in [2.45, 2.75) is 13.3 Å². The van der Waals surface area contributed by atoms with Gasteiger partial charge in [-0.25, -0.2) is 4.98 Å². The highest BCUT2D eigenvalue weighted by Gasteiger charge is 2.10. The quantitative estimate of drug-likeness (QED) is 0.635. The summed E-state index contributed by atoms with van der Waals surface area (Å²) in [5.74, 6) is -1.01. The number of nitrogens with zero attached hydrogens (tertiary/aromatic N) is 1. The van der Waals surface area contributed by atoms with E-state index in [9.17, 15) is 9.59 Å². The number of benzene rings is 2. The van der Waals surface area contributed by atoms with Gasteiger partial charge in [-0.2, -0.15) is 0 Å². The molecule has 130 valence electrons. The van der Waals surface area contributed by atoms with Crippen LogP contribution in [0.4, 0.5) is 5.69 Å². The molecule has 1 heterocycles. The number of hydrogen-bond acceptors (Lipinski definition) is 4. The molecule has 0 saturated carbocycles. The van der Waals surface area contributed by atoms with Gasteiger partial charge in [0, 0.05) is 23.1 Å². The summed E-state index contributed by atoms with van der Waals surface area (Å²) < 4.78 is 0. The highest BCUT2D eigenvalue weighted by molar-refractivity contribution is 7.10. The fourth-order valence-corrected chi connectivity index (χ4v) is 3.07. The minimum Gasteiger partial charge on any atom is -0.319 e. The lowest BCUT2D eigenvalue weighted by Gasteiger charge is -2.04. The minimum absolute atomic E-state index is 0.194. The Morgan fingerprint density at radius 1 is 1.08 bits per heavy atom. The summed E-state index contributed by atoms with van der Waals surface area (Å²) in [6.07, 6.45) is 4.07. The average molecular weight is 362 g/mol. The van der Waals surface area contributed by atoms with Gasteiger partial charge in [0.1, 0.15) is 5.01 Å². The molecule has 3 aromatic rings. The minimum atomic E-state index is -0.582. The zero-order chi connectivity index (χ0) is 18.4. The Hall–Kier alpha value is -3.05. The summed E-state index contributed by atoms with van der Waals surface area (Å²) in [7, 11) is 0. The maximum atomic E-state index is 11.7. The lowest BCUT2D eigenvalue weighted by molar-refractivity contribution is -0.134. The summed E-state index contributed by atoms with van der Waals surface area (Å²) >= 11 is 1.57. The van der Waals surface area contributed by atoms with Crippen molar-refractivity contribution < 1.29 is 9.59 Å². The van der Waals surface area contributed by atoms with Crippen LogP contribution in [0.15, 0.2) is 60.0 Å². The van der Waals surface area contributed by atoms with Gasteiger partial charge in [-0.1, -0.05) is 55.5 Å². The Morgan fingerprint density at radius 2 is 1.88 bits per heavy atom. The molecule has 1 amide bonds. The largest absolute Gasteiger partial charge is 0.319 e. The average Bonchev–Trinajstić information content (AvgIpc) is 3.16. The summed E-state index contributed by atoms with van der Waals surface area (Å²) in [5, 5.41) is 5.55. The molecule has 1 aromatic heterocycles. The number of hydrogen-bond donors (Lipinski definition) is 1. The van der Waals surface area contributed by atoms with Crippen LogP contribution in [-0.4, -0.2) is 16.7 Å². The maximum absolute atomic E-state index is 11.7. The predicted octanol–water partition coefficient (Wildman–Crippen LogP) is 4.90. The second-order valence-corrected chi connectivity index (χ2v) is 6.52. The number of nitrogens with one attached hydrogen (secondary N) is 1. The van der Waals surface area contributed by atoms with Crippen molar-refractivity contribution in [2.24, 2.45) is 0 Å². The van der Waals surface area contributed by atoms with E-state index in [-0.39, 0.29) is 6.42 Å². The van der Waals surface area contributed by atoms with E-state index in [1.54, 1.807) is 24.3 Å². The number of thiazole rings is 1. The van der Waals surface area contributed by atoms with E-state index < -0.39 is 11.7 Å². The van der Waals surface area contributed by atoms with Crippen molar-refractivity contribution >= 4 is 40.9 Å². The smallest absolute Gasteiger partial charge is 0.291 e. The van der Waals surface area contributed by atoms with Crippen molar-refractivity contribution in [1.82, 2.24) is 4.98 Å². The first-order chi connectivity index (χ1) is 12.7. The summed E-state index contributed by atoms with van der Waals surface area (Å²) in [6, 6.07) is 17.4. The lowest BCUT2D eigenvalue weighted by Crippen LogP contribution is -2.21. The monoisotopic (exact) mass is 362 g/mol. The van der Waals surface area contributed by atoms with Crippen LogP contribution in [0.1, 0.15) is 23.9 Å². The van der Waals surface area contributed by atoms with Crippen LogP contribution in [0.25, 0.3) is 23.4 Å². The number of anilines is 1. The standard InChI is InChI=1S/C21H18N2O2S/c1-2-19(24)21(25)22-17-10-6-7-15(13-17)11-12-20-23-18(14-26-20)16-8-4-3-5-9-16/h3-14H,2H2,1H3,(H,22,25). The molecule has 0 aliphatic rings. The van der Waals surface area contributed by atoms with Gasteiger partial charge in [0.05, 0.1) is 5.69 Å². The lowest BCUT2D eigenvalue weighted by atomic mass is 10.1. The molecule has 0 fully saturated rings. The fraction of sp³-hybridized carbons (Fsp3) is 0.0952. The third-order valence-corrected chi connectivity index (χ3v) is 4.54. The van der Waals surface area contributed by atoms with Gasteiger partial charge in [-0.3, -0.25) is 9.59 Å². The number of ketones is 1. The van der Waals surface area contributed by atoms with E-state index in [1.807, 2.05) is 66.1 Å². The molecule has 0 aliphatic heterocycles. The van der Waals surface area contributed by atoms with E-state index in [4.69, 9.17) is 0 Å². The molecular formula is C21H18N2O2S. The molecule has 0 unspecified atom stereocenters.